The van der Waals surface area contributed by atoms with Crippen LogP contribution in [0, 0.1) is 0 Å². The van der Waals surface area contributed by atoms with Crippen molar-refractivity contribution >= 4 is 157 Å². The van der Waals surface area contributed by atoms with Crippen LogP contribution in [-0.2, 0) is 0 Å². The molecule has 0 nitrogen and oxygen atoms in total. The molecule has 0 heterocycles. The van der Waals surface area contributed by atoms with Crippen molar-refractivity contribution in [1.29, 1.82) is 0 Å². The van der Waals surface area contributed by atoms with Crippen molar-refractivity contribution in [3.8, 4) is 0 Å². The lowest BCUT2D eigenvalue weighted by atomic mass is 11.9. The Balaban J connectivity index is 3.56. The molecule has 0 bridgehead atoms. The summed E-state index contributed by atoms with van der Waals surface area (Å²) in [6.45, 7) is 0. The van der Waals surface area contributed by atoms with Gasteiger partial charge in [-0.05, 0) is 136 Å². The molecule has 0 amide bonds. The Kier molecular flexibility index (Phi) is 9.98. The van der Waals surface area contributed by atoms with Crippen molar-refractivity contribution in [1.82, 2.24) is 0 Å². The van der Waals surface area contributed by atoms with Crippen LogP contribution in [-0.4, -0.2) is -2.47 Å². The maximum atomic E-state index is 2.42. The molecular weight excluding hydrogens is 850 g/mol. The van der Waals surface area contributed by atoms with E-state index in [4.69, 9.17) is 0 Å². The monoisotopic (exact) mass is 849 g/mol. The third-order valence-corrected chi connectivity index (χ3v) is 11.8. The smallest absolute Gasteiger partial charge is 0.0519 e. The molecule has 0 saturated carbocycles. The fourth-order valence-electron chi connectivity index (χ4n) is 0.0945. The van der Waals surface area contributed by atoms with E-state index in [0.29, 0.717) is 0 Å². The molecule has 0 aromatic carbocycles. The molecule has 0 spiro atoms. The summed E-state index contributed by atoms with van der Waals surface area (Å²) in [5.74, 6) is 0. The summed E-state index contributed by atoms with van der Waals surface area (Å²) in [6.07, 6.45) is 0. The van der Waals surface area contributed by atoms with E-state index in [0.717, 1.165) is 0 Å². The Morgan fingerprint density at radius 1 is 0.600 bits per heavy atom. The minimum absolute atomic E-state index is 0.282. The van der Waals surface area contributed by atoms with E-state index < -0.39 is 0 Å². The van der Waals surface area contributed by atoms with E-state index in [1.807, 2.05) is 21.6 Å². The molecule has 0 rings (SSSR count). The third-order valence-electron chi connectivity index (χ3n) is 0.231. The van der Waals surface area contributed by atoms with Gasteiger partial charge in [-0.2, -0.15) is 0 Å². The zero-order valence-corrected chi connectivity index (χ0v) is 18.7. The van der Waals surface area contributed by atoms with Crippen LogP contribution in [0.2, 0.25) is 0 Å². The molecule has 62 valence electrons. The van der Waals surface area contributed by atoms with Crippen LogP contribution >= 0.6 is 157 Å². The highest BCUT2D eigenvalue weighted by atomic mass is 127. The van der Waals surface area contributed by atoms with Crippen LogP contribution in [0.5, 0.6) is 0 Å². The van der Waals surface area contributed by atoms with Crippen molar-refractivity contribution in [2.75, 3.05) is 0 Å². The quantitative estimate of drug-likeness (QED) is 0.189. The van der Waals surface area contributed by atoms with E-state index >= 15 is 0 Å². The van der Waals surface area contributed by atoms with Gasteiger partial charge in [0, 0.05) is 0 Å². The lowest BCUT2D eigenvalue weighted by molar-refractivity contribution is 2.25. The van der Waals surface area contributed by atoms with Crippen molar-refractivity contribution < 1.29 is 0 Å². The molecular formula is C2I6S2. The van der Waals surface area contributed by atoms with Crippen molar-refractivity contribution in [3.05, 3.63) is 0 Å². The number of alkyl halides is 6. The summed E-state index contributed by atoms with van der Waals surface area (Å²) in [5, 5.41) is 0. The van der Waals surface area contributed by atoms with Crippen LogP contribution in [0.1, 0.15) is 0 Å². The van der Waals surface area contributed by atoms with E-state index in [9.17, 15) is 0 Å². The van der Waals surface area contributed by atoms with Gasteiger partial charge in [0.25, 0.3) is 0 Å². The molecule has 0 fully saturated rings. The van der Waals surface area contributed by atoms with Gasteiger partial charge < -0.3 is 0 Å². The summed E-state index contributed by atoms with van der Waals surface area (Å²) in [6, 6.07) is 0. The zero-order chi connectivity index (χ0) is 8.41. The first-order valence-corrected chi connectivity index (χ1v) is 10.3. The predicted molar refractivity (Wildman–Crippen MR) is 105 cm³/mol. The minimum atomic E-state index is 0.282. The highest BCUT2D eigenvalue weighted by molar-refractivity contribution is 14.3. The fraction of sp³-hybridized carbons (Fsp3) is 1.00. The third kappa shape index (κ3) is 13.1. The largest absolute Gasteiger partial charge is 0.178 e. The average Bonchev–Trinajstić information content (AvgIpc) is 1.57. The highest BCUT2D eigenvalue weighted by Gasteiger charge is 2.26. The van der Waals surface area contributed by atoms with Gasteiger partial charge in [0.15, 0.2) is -2.47 Å². The number of hydrogen-bond donors (Lipinski definition) is 0. The molecule has 0 aliphatic carbocycles. The first-order chi connectivity index (χ1) is 4.21. The van der Waals surface area contributed by atoms with E-state index in [1.165, 1.54) is 0 Å². The normalized spacial score (nSPS) is 13.8. The molecule has 0 unspecified atom stereocenters. The van der Waals surface area contributed by atoms with Crippen LogP contribution in [0.25, 0.3) is 0 Å². The van der Waals surface area contributed by atoms with Crippen LogP contribution in [0.4, 0.5) is 0 Å². The summed E-state index contributed by atoms with van der Waals surface area (Å²) >= 11 is 14.5. The van der Waals surface area contributed by atoms with Gasteiger partial charge in [0.2, 0.25) is 0 Å². The number of hydrogen-bond acceptors (Lipinski definition) is 2. The standard InChI is InChI=1S/C2I6S2/c3-1(4,5)9-10-2(6,7)8. The summed E-state index contributed by atoms with van der Waals surface area (Å²) in [4.78, 5) is 0. The molecule has 0 saturated heterocycles. The SMILES string of the molecule is IC(I)(I)SSC(I)(I)I. The van der Waals surface area contributed by atoms with Crippen molar-refractivity contribution in [2.45, 2.75) is -2.47 Å². The van der Waals surface area contributed by atoms with Gasteiger partial charge in [-0.25, -0.2) is 0 Å². The Bertz CT molecular complexity index is 87.3. The van der Waals surface area contributed by atoms with E-state index in [1.54, 1.807) is 0 Å². The number of halogens is 6. The summed E-state index contributed by atoms with van der Waals surface area (Å²) in [5.41, 5.74) is 0. The first kappa shape index (κ1) is 15.1. The van der Waals surface area contributed by atoms with Gasteiger partial charge in [0.1, 0.15) is 0 Å². The first-order valence-electron chi connectivity index (χ1n) is 1.71. The van der Waals surface area contributed by atoms with Crippen LogP contribution < -0.4 is 0 Å². The second-order valence-corrected chi connectivity index (χ2v) is 30.1. The molecule has 0 aromatic heterocycles. The summed E-state index contributed by atoms with van der Waals surface area (Å²) in [7, 11) is 3.79. The van der Waals surface area contributed by atoms with E-state index in [-0.39, 0.29) is -2.47 Å². The number of rotatable bonds is 3. The van der Waals surface area contributed by atoms with Gasteiger partial charge >= 0.3 is 0 Å². The van der Waals surface area contributed by atoms with Crippen LogP contribution in [0.3, 0.4) is 0 Å². The molecule has 0 radical (unpaired) electrons. The minimum Gasteiger partial charge on any atom is -0.0519 e. The average molecular weight is 850 g/mol. The van der Waals surface area contributed by atoms with Crippen LogP contribution in [0.15, 0.2) is 0 Å². The van der Waals surface area contributed by atoms with Crippen molar-refractivity contribution in [3.63, 3.8) is 0 Å². The maximum absolute atomic E-state index is 2.42. The van der Waals surface area contributed by atoms with E-state index in [2.05, 4.69) is 136 Å². The Labute approximate surface area is 150 Å². The molecule has 10 heavy (non-hydrogen) atoms. The van der Waals surface area contributed by atoms with Gasteiger partial charge in [-0.3, -0.25) is 0 Å². The second kappa shape index (κ2) is 6.62. The topological polar surface area (TPSA) is 0 Å². The fourth-order valence-corrected chi connectivity index (χ4v) is 5.70. The second-order valence-electron chi connectivity index (χ2n) is 1.06. The van der Waals surface area contributed by atoms with Gasteiger partial charge in [0.05, 0.1) is 0 Å². The Morgan fingerprint density at radius 2 is 0.800 bits per heavy atom. The Morgan fingerprint density at radius 3 is 0.900 bits per heavy atom. The molecule has 0 aromatic rings. The van der Waals surface area contributed by atoms with Crippen molar-refractivity contribution in [2.24, 2.45) is 0 Å². The lowest BCUT2D eigenvalue weighted by Gasteiger charge is -2.15. The molecule has 8 heteroatoms. The zero-order valence-electron chi connectivity index (χ0n) is 4.08. The molecule has 0 aliphatic heterocycles. The lowest BCUT2D eigenvalue weighted by Crippen LogP contribution is -1.91. The summed E-state index contributed by atoms with van der Waals surface area (Å²) < 4.78 is 0.565. The van der Waals surface area contributed by atoms with Gasteiger partial charge in [-0.15, -0.1) is 0 Å². The molecule has 0 N–H and O–H groups in total. The predicted octanol–water partition coefficient (Wildman–Crippen LogP) is 6.20. The maximum Gasteiger partial charge on any atom is 0.178 e. The molecule has 0 aliphatic rings. The van der Waals surface area contributed by atoms with Gasteiger partial charge in [-0.1, -0.05) is 21.6 Å². The molecule has 0 atom stereocenters. The Hall–Kier alpha value is 5.08. The highest BCUT2D eigenvalue weighted by Crippen LogP contribution is 2.60.